The molecule has 0 aliphatic rings. The number of carbonyl (C=O) groups excluding carboxylic acids is 1. The first-order chi connectivity index (χ1) is 3.68. The maximum absolute atomic E-state index is 10.4. The monoisotopic (exact) mass is 114 g/mol. The van der Waals surface area contributed by atoms with Crippen LogP contribution >= 0.6 is 0 Å². The van der Waals surface area contributed by atoms with Crippen LogP contribution in [0.15, 0.2) is 0 Å². The van der Waals surface area contributed by atoms with Gasteiger partial charge in [0.05, 0.1) is 6.07 Å². The summed E-state index contributed by atoms with van der Waals surface area (Å²) >= 11 is 0. The Morgan fingerprint density at radius 1 is 1.75 bits per heavy atom. The van der Waals surface area contributed by atoms with Crippen LogP contribution in [0.1, 0.15) is 6.42 Å². The molecule has 44 valence electrons. The number of carbonyl (C=O) groups is 1. The normalized spacial score (nSPS) is 7.62. The van der Waals surface area contributed by atoms with Crippen LogP contribution in [0.3, 0.4) is 0 Å². The molecule has 0 aromatic heterocycles. The Bertz CT molecular complexity index is 123. The molecule has 0 heterocycles. The number of nitriles is 1. The summed E-state index contributed by atoms with van der Waals surface area (Å²) in [6.45, 7) is 0. The van der Waals surface area contributed by atoms with Crippen LogP contribution < -0.4 is 0 Å². The predicted octanol–water partition coefficient (Wildman–Crippen LogP) is -0.0117. The highest BCUT2D eigenvalue weighted by atomic mass is 16.2. The maximum Gasteiger partial charge on any atom is 0.236 e. The molecule has 0 aromatic rings. The van der Waals surface area contributed by atoms with Crippen molar-refractivity contribution in [2.75, 3.05) is 14.1 Å². The molecule has 0 N–H and O–H groups in total. The number of hydrogen-bond donors (Lipinski definition) is 0. The van der Waals surface area contributed by atoms with E-state index >= 15 is 0 Å². The van der Waals surface area contributed by atoms with E-state index in [2.05, 4.69) is 0 Å². The van der Waals surface area contributed by atoms with E-state index in [1.807, 2.05) is 0 Å². The Hall–Kier alpha value is -1.04. The summed E-state index contributed by atoms with van der Waals surface area (Å²) in [6, 6.07) is 1.76. The quantitative estimate of drug-likeness (QED) is 0.481. The smallest absolute Gasteiger partial charge is 0.236 e. The minimum absolute atomic E-state index is 0.0208. The molecule has 3 heteroatoms. The number of amides is 1. The first-order valence-corrected chi connectivity index (χ1v) is 2.25. The van der Waals surface area contributed by atoms with Gasteiger partial charge in [-0.1, -0.05) is 0 Å². The molecular weight excluding hydrogens is 106 g/mol. The fourth-order valence-electron chi connectivity index (χ4n) is 0.226. The fraction of sp³-hybridized carbons (Fsp3) is 0.600. The molecule has 0 aliphatic carbocycles. The van der Waals surface area contributed by atoms with Gasteiger partial charge in [0.2, 0.25) is 5.91 Å². The Balaban J connectivity index is 3.53. The molecule has 0 aliphatic heterocycles. The van der Waals surface area contributed by atoms with Crippen molar-refractivity contribution in [2.45, 2.75) is 6.42 Å². The predicted molar refractivity (Wildman–Crippen MR) is 28.9 cm³/mol. The molecule has 0 saturated carbocycles. The van der Waals surface area contributed by atoms with Gasteiger partial charge in [0.25, 0.3) is 0 Å². The van der Waals surface area contributed by atoms with Crippen molar-refractivity contribution in [1.29, 1.82) is 5.26 Å². The third-order valence-electron chi connectivity index (χ3n) is 0.729. The van der Waals surface area contributed by atoms with E-state index in [1.165, 1.54) is 4.90 Å². The average Bonchev–Trinajstić information content (AvgIpc) is 1.67. The second kappa shape index (κ2) is 3.03. The zero-order valence-corrected chi connectivity index (χ0v) is 5.01. The summed E-state index contributed by atoms with van der Waals surface area (Å²) in [5.41, 5.74) is 0. The van der Waals surface area contributed by atoms with E-state index in [0.717, 1.165) is 0 Å². The van der Waals surface area contributed by atoms with E-state index in [9.17, 15) is 4.79 Å². The SMILES string of the molecule is CN(C)C(=O)C[14C]#N. The molecule has 0 bridgehead atoms. The van der Waals surface area contributed by atoms with Crippen molar-refractivity contribution in [3.05, 3.63) is 0 Å². The van der Waals surface area contributed by atoms with Crippen LogP contribution in [0.4, 0.5) is 0 Å². The van der Waals surface area contributed by atoms with Gasteiger partial charge in [-0.15, -0.1) is 0 Å². The molecular formula is C5H8N2O. The molecule has 0 aromatic carbocycles. The van der Waals surface area contributed by atoms with E-state index in [1.54, 1.807) is 20.2 Å². The Morgan fingerprint density at radius 2 is 2.25 bits per heavy atom. The summed E-state index contributed by atoms with van der Waals surface area (Å²) in [5.74, 6) is -0.146. The van der Waals surface area contributed by atoms with Gasteiger partial charge in [-0.3, -0.25) is 4.79 Å². The van der Waals surface area contributed by atoms with E-state index in [4.69, 9.17) is 5.26 Å². The van der Waals surface area contributed by atoms with Crippen molar-refractivity contribution < 1.29 is 4.79 Å². The first-order valence-electron chi connectivity index (χ1n) is 2.25. The van der Waals surface area contributed by atoms with Crippen LogP contribution in [0.5, 0.6) is 0 Å². The van der Waals surface area contributed by atoms with Gasteiger partial charge in [0, 0.05) is 14.1 Å². The van der Waals surface area contributed by atoms with Crippen molar-refractivity contribution in [1.82, 2.24) is 4.90 Å². The summed E-state index contributed by atoms with van der Waals surface area (Å²) in [4.78, 5) is 11.8. The standard InChI is InChI=1S/C5H8N2O/c1-7(2)5(8)3-4-6/h3H2,1-2H3/i4+2. The molecule has 0 fully saturated rings. The largest absolute Gasteiger partial charge is 0.348 e. The summed E-state index contributed by atoms with van der Waals surface area (Å²) in [5, 5.41) is 7.99. The zero-order valence-electron chi connectivity index (χ0n) is 5.01. The van der Waals surface area contributed by atoms with E-state index < -0.39 is 0 Å². The highest BCUT2D eigenvalue weighted by Gasteiger charge is 1.99. The Morgan fingerprint density at radius 3 is 2.38 bits per heavy atom. The lowest BCUT2D eigenvalue weighted by Gasteiger charge is -2.04. The van der Waals surface area contributed by atoms with Crippen molar-refractivity contribution in [3.63, 3.8) is 0 Å². The van der Waals surface area contributed by atoms with Crippen LogP contribution in [0, 0.1) is 11.3 Å². The Labute approximate surface area is 48.5 Å². The molecule has 0 spiro atoms. The zero-order chi connectivity index (χ0) is 6.57. The second-order valence-corrected chi connectivity index (χ2v) is 1.62. The van der Waals surface area contributed by atoms with Gasteiger partial charge in [0.15, 0.2) is 0 Å². The lowest BCUT2D eigenvalue weighted by atomic mass is 10.6. The van der Waals surface area contributed by atoms with Gasteiger partial charge in [-0.25, -0.2) is 0 Å². The van der Waals surface area contributed by atoms with Crippen molar-refractivity contribution in [3.8, 4) is 6.07 Å². The highest BCUT2D eigenvalue weighted by Crippen LogP contribution is 1.81. The molecule has 1 amide bonds. The lowest BCUT2D eigenvalue weighted by molar-refractivity contribution is -0.127. The number of hydrogen-bond acceptors (Lipinski definition) is 2. The fourth-order valence-corrected chi connectivity index (χ4v) is 0.226. The van der Waals surface area contributed by atoms with Crippen LogP contribution in [-0.4, -0.2) is 24.9 Å². The molecule has 0 unspecified atom stereocenters. The Kier molecular flexibility index (Phi) is 2.63. The maximum atomic E-state index is 10.4. The van der Waals surface area contributed by atoms with Gasteiger partial charge >= 0.3 is 0 Å². The van der Waals surface area contributed by atoms with Gasteiger partial charge in [0.1, 0.15) is 6.42 Å². The van der Waals surface area contributed by atoms with Gasteiger partial charge in [-0.05, 0) is 0 Å². The highest BCUT2D eigenvalue weighted by molar-refractivity contribution is 5.77. The molecule has 0 atom stereocenters. The first kappa shape index (κ1) is 6.96. The van der Waals surface area contributed by atoms with E-state index in [0.29, 0.717) is 0 Å². The average molecular weight is 114 g/mol. The summed E-state index contributed by atoms with van der Waals surface area (Å²) in [6.07, 6.45) is -0.0208. The van der Waals surface area contributed by atoms with Crippen LogP contribution in [-0.2, 0) is 4.79 Å². The lowest BCUT2D eigenvalue weighted by Crippen LogP contribution is -2.20. The molecule has 0 radical (unpaired) electrons. The van der Waals surface area contributed by atoms with Gasteiger partial charge in [-0.2, -0.15) is 5.26 Å². The van der Waals surface area contributed by atoms with Gasteiger partial charge < -0.3 is 4.90 Å². The minimum Gasteiger partial charge on any atom is -0.348 e. The topological polar surface area (TPSA) is 44.1 Å². The van der Waals surface area contributed by atoms with Crippen molar-refractivity contribution in [2.24, 2.45) is 0 Å². The third kappa shape index (κ3) is 2.19. The van der Waals surface area contributed by atoms with Crippen LogP contribution in [0.25, 0.3) is 0 Å². The van der Waals surface area contributed by atoms with Crippen molar-refractivity contribution >= 4 is 5.91 Å². The van der Waals surface area contributed by atoms with E-state index in [-0.39, 0.29) is 12.3 Å². The summed E-state index contributed by atoms with van der Waals surface area (Å²) < 4.78 is 0. The third-order valence-corrected chi connectivity index (χ3v) is 0.729. The molecule has 0 saturated heterocycles. The van der Waals surface area contributed by atoms with Crippen LogP contribution in [0.2, 0.25) is 0 Å². The minimum atomic E-state index is -0.146. The molecule has 8 heavy (non-hydrogen) atoms. The molecule has 3 nitrogen and oxygen atoms in total. The second-order valence-electron chi connectivity index (χ2n) is 1.62. The number of rotatable bonds is 1. The number of nitrogens with zero attached hydrogens (tertiary/aromatic N) is 2. The molecule has 0 rings (SSSR count). The summed E-state index contributed by atoms with van der Waals surface area (Å²) in [7, 11) is 3.25.